The molecule has 0 saturated carbocycles. The zero-order chi connectivity index (χ0) is 13.9. The van der Waals surface area contributed by atoms with Crippen LogP contribution in [0.1, 0.15) is 22.8 Å². The molecule has 0 N–H and O–H groups in total. The molecule has 1 rings (SSSR count). The molecule has 0 saturated heterocycles. The van der Waals surface area contributed by atoms with Gasteiger partial charge < -0.3 is 0 Å². The smallest absolute Gasteiger partial charge is 0.292 e. The second kappa shape index (κ2) is 5.52. The molecule has 0 amide bonds. The fourth-order valence-electron chi connectivity index (χ4n) is 1.58. The third-order valence-corrected chi connectivity index (χ3v) is 2.81. The minimum Gasteiger partial charge on any atom is -0.292 e. The molecule has 0 radical (unpaired) electrons. The summed E-state index contributed by atoms with van der Waals surface area (Å²) >= 11 is 0. The highest BCUT2D eigenvalue weighted by Gasteiger charge is 2.32. The molecule has 2 nitrogen and oxygen atoms in total. The van der Waals surface area contributed by atoms with Gasteiger partial charge in [-0.2, -0.15) is 13.2 Å². The molecule has 18 heavy (non-hydrogen) atoms. The van der Waals surface area contributed by atoms with Crippen molar-refractivity contribution in [2.45, 2.75) is 26.1 Å². The number of likely N-dealkylation sites (N-methyl/N-ethyl adjacent to an activating group) is 1. The molecule has 1 atom stereocenters. The summed E-state index contributed by atoms with van der Waals surface area (Å²) in [6.07, 6.45) is -4.30. The molecular formula is C13H16F3NO. The van der Waals surface area contributed by atoms with Crippen molar-refractivity contribution in [3.8, 4) is 0 Å². The molecule has 0 aromatic heterocycles. The lowest BCUT2D eigenvalue weighted by Gasteiger charge is -2.24. The molecule has 0 spiro atoms. The molecule has 0 aliphatic rings. The van der Waals surface area contributed by atoms with E-state index in [1.54, 1.807) is 24.3 Å². The van der Waals surface area contributed by atoms with Gasteiger partial charge in [0.2, 0.25) is 0 Å². The zero-order valence-corrected chi connectivity index (χ0v) is 10.6. The first-order valence-corrected chi connectivity index (χ1v) is 5.58. The Balaban J connectivity index is 2.75. The van der Waals surface area contributed by atoms with E-state index >= 15 is 0 Å². The van der Waals surface area contributed by atoms with Crippen molar-refractivity contribution in [2.75, 3.05) is 13.6 Å². The number of halogens is 3. The monoisotopic (exact) mass is 259 g/mol. The van der Waals surface area contributed by atoms with E-state index in [1.807, 2.05) is 6.92 Å². The number of ketones is 1. The third-order valence-electron chi connectivity index (χ3n) is 2.81. The van der Waals surface area contributed by atoms with Crippen LogP contribution < -0.4 is 0 Å². The van der Waals surface area contributed by atoms with Gasteiger partial charge in [0.1, 0.15) is 0 Å². The summed E-state index contributed by atoms with van der Waals surface area (Å²) in [7, 11) is 1.30. The van der Waals surface area contributed by atoms with Crippen molar-refractivity contribution in [3.05, 3.63) is 35.4 Å². The second-order valence-electron chi connectivity index (χ2n) is 4.44. The molecule has 1 unspecified atom stereocenters. The fraction of sp³-hybridized carbons (Fsp3) is 0.462. The van der Waals surface area contributed by atoms with E-state index in [1.165, 1.54) is 14.0 Å². The SMILES string of the molecule is Cc1ccc(C(=O)C(C)N(C)CC(F)(F)F)cc1. The van der Waals surface area contributed by atoms with Gasteiger partial charge in [0.15, 0.2) is 5.78 Å². The topological polar surface area (TPSA) is 20.3 Å². The summed E-state index contributed by atoms with van der Waals surface area (Å²) in [5, 5.41) is 0. The number of alkyl halides is 3. The Morgan fingerprint density at radius 2 is 1.78 bits per heavy atom. The first-order chi connectivity index (χ1) is 8.20. The second-order valence-corrected chi connectivity index (χ2v) is 4.44. The van der Waals surface area contributed by atoms with Crippen molar-refractivity contribution in [2.24, 2.45) is 0 Å². The van der Waals surface area contributed by atoms with Gasteiger partial charge in [0.25, 0.3) is 0 Å². The van der Waals surface area contributed by atoms with E-state index in [2.05, 4.69) is 0 Å². The maximum absolute atomic E-state index is 12.2. The Kier molecular flexibility index (Phi) is 4.51. The van der Waals surface area contributed by atoms with E-state index < -0.39 is 18.8 Å². The van der Waals surface area contributed by atoms with Gasteiger partial charge in [-0.25, -0.2) is 0 Å². The van der Waals surface area contributed by atoms with Crippen LogP contribution in [0, 0.1) is 6.92 Å². The number of benzene rings is 1. The number of carbonyl (C=O) groups is 1. The van der Waals surface area contributed by atoms with E-state index in [-0.39, 0.29) is 5.78 Å². The molecular weight excluding hydrogens is 243 g/mol. The van der Waals surface area contributed by atoms with Gasteiger partial charge in [-0.1, -0.05) is 29.8 Å². The minimum atomic E-state index is -4.30. The minimum absolute atomic E-state index is 0.304. The number of rotatable bonds is 4. The summed E-state index contributed by atoms with van der Waals surface area (Å²) in [6.45, 7) is 2.27. The van der Waals surface area contributed by atoms with Crippen LogP contribution in [-0.4, -0.2) is 36.5 Å². The lowest BCUT2D eigenvalue weighted by molar-refractivity contribution is -0.145. The van der Waals surface area contributed by atoms with Crippen molar-refractivity contribution in [1.29, 1.82) is 0 Å². The van der Waals surface area contributed by atoms with Crippen LogP contribution in [0.25, 0.3) is 0 Å². The highest BCUT2D eigenvalue weighted by molar-refractivity contribution is 5.99. The molecule has 0 bridgehead atoms. The van der Waals surface area contributed by atoms with Gasteiger partial charge in [0, 0.05) is 5.56 Å². The first kappa shape index (κ1) is 14.7. The quantitative estimate of drug-likeness (QED) is 0.774. The predicted molar refractivity (Wildman–Crippen MR) is 63.7 cm³/mol. The summed E-state index contributed by atoms with van der Waals surface area (Å²) in [6, 6.07) is 6.01. The standard InChI is InChI=1S/C13H16F3NO/c1-9-4-6-11(7-5-9)12(18)10(2)17(3)8-13(14,15)16/h4-7,10H,8H2,1-3H3. The number of hydrogen-bond acceptors (Lipinski definition) is 2. The van der Waals surface area contributed by atoms with Crippen molar-refractivity contribution in [1.82, 2.24) is 4.90 Å². The van der Waals surface area contributed by atoms with E-state index in [0.717, 1.165) is 10.5 Å². The maximum atomic E-state index is 12.2. The number of aryl methyl sites for hydroxylation is 1. The van der Waals surface area contributed by atoms with Gasteiger partial charge in [0.05, 0.1) is 12.6 Å². The molecule has 100 valence electrons. The Morgan fingerprint density at radius 1 is 1.28 bits per heavy atom. The van der Waals surface area contributed by atoms with Gasteiger partial charge >= 0.3 is 6.18 Å². The molecule has 1 aromatic rings. The number of hydrogen-bond donors (Lipinski definition) is 0. The molecule has 0 aliphatic carbocycles. The molecule has 0 fully saturated rings. The van der Waals surface area contributed by atoms with Crippen molar-refractivity contribution in [3.63, 3.8) is 0 Å². The Labute approximate surface area is 104 Å². The van der Waals surface area contributed by atoms with Crippen LogP contribution in [0.5, 0.6) is 0 Å². The number of carbonyl (C=O) groups excluding carboxylic acids is 1. The van der Waals surface area contributed by atoms with Gasteiger partial charge in [-0.05, 0) is 20.9 Å². The zero-order valence-electron chi connectivity index (χ0n) is 10.6. The van der Waals surface area contributed by atoms with Crippen LogP contribution in [0.3, 0.4) is 0 Å². The van der Waals surface area contributed by atoms with Crippen LogP contribution in [0.2, 0.25) is 0 Å². The molecule has 5 heteroatoms. The molecule has 1 aromatic carbocycles. The maximum Gasteiger partial charge on any atom is 0.401 e. The third kappa shape index (κ3) is 4.14. The van der Waals surface area contributed by atoms with E-state index in [9.17, 15) is 18.0 Å². The number of Topliss-reactive ketones (excluding diaryl/α,β-unsaturated/α-hetero) is 1. The lowest BCUT2D eigenvalue weighted by Crippen LogP contribution is -2.41. The van der Waals surface area contributed by atoms with Gasteiger partial charge in [-0.15, -0.1) is 0 Å². The highest BCUT2D eigenvalue weighted by atomic mass is 19.4. The normalized spacial score (nSPS) is 13.7. The Hall–Kier alpha value is -1.36. The largest absolute Gasteiger partial charge is 0.401 e. The summed E-state index contributed by atoms with van der Waals surface area (Å²) in [5.41, 5.74) is 1.44. The van der Waals surface area contributed by atoms with Gasteiger partial charge in [-0.3, -0.25) is 9.69 Å². The molecule has 0 heterocycles. The predicted octanol–water partition coefficient (Wildman–Crippen LogP) is 3.06. The highest BCUT2D eigenvalue weighted by Crippen LogP contribution is 2.18. The van der Waals surface area contributed by atoms with E-state index in [4.69, 9.17) is 0 Å². The van der Waals surface area contributed by atoms with Crippen LogP contribution in [0.15, 0.2) is 24.3 Å². The van der Waals surface area contributed by atoms with Crippen LogP contribution in [-0.2, 0) is 0 Å². The van der Waals surface area contributed by atoms with E-state index in [0.29, 0.717) is 5.56 Å². The molecule has 0 aliphatic heterocycles. The van der Waals surface area contributed by atoms with Crippen molar-refractivity contribution >= 4 is 5.78 Å². The van der Waals surface area contributed by atoms with Crippen molar-refractivity contribution < 1.29 is 18.0 Å². The van der Waals surface area contributed by atoms with Crippen LogP contribution >= 0.6 is 0 Å². The summed E-state index contributed by atoms with van der Waals surface area (Å²) < 4.78 is 36.7. The Bertz CT molecular complexity index is 411. The van der Waals surface area contributed by atoms with Crippen LogP contribution in [0.4, 0.5) is 13.2 Å². The average Bonchev–Trinajstić information content (AvgIpc) is 2.26. The Morgan fingerprint density at radius 3 is 2.22 bits per heavy atom. The lowest BCUT2D eigenvalue weighted by atomic mass is 10.0. The number of nitrogens with zero attached hydrogens (tertiary/aromatic N) is 1. The summed E-state index contributed by atoms with van der Waals surface area (Å²) in [4.78, 5) is 13.0. The first-order valence-electron chi connectivity index (χ1n) is 5.58. The average molecular weight is 259 g/mol. The summed E-state index contributed by atoms with van der Waals surface area (Å²) in [5.74, 6) is -0.304. The fourth-order valence-corrected chi connectivity index (χ4v) is 1.58.